The van der Waals surface area contributed by atoms with Gasteiger partial charge in [0.2, 0.25) is 0 Å². The number of carboxylic acids is 1. The van der Waals surface area contributed by atoms with Crippen LogP contribution in [0, 0.1) is 5.92 Å². The van der Waals surface area contributed by atoms with E-state index >= 15 is 0 Å². The first-order valence-corrected chi connectivity index (χ1v) is 7.17. The molecule has 98 valence electrons. The summed E-state index contributed by atoms with van der Waals surface area (Å²) in [6, 6.07) is 0.215. The van der Waals surface area contributed by atoms with Gasteiger partial charge in [0.05, 0.1) is 0 Å². The smallest absolute Gasteiger partial charge is 0.320 e. The molecule has 2 unspecified atom stereocenters. The van der Waals surface area contributed by atoms with Crippen LogP contribution in [0.4, 0.5) is 0 Å². The van der Waals surface area contributed by atoms with E-state index in [-0.39, 0.29) is 6.04 Å². The van der Waals surface area contributed by atoms with E-state index in [0.29, 0.717) is 6.04 Å². The van der Waals surface area contributed by atoms with Gasteiger partial charge in [0, 0.05) is 6.04 Å². The number of hydrogen-bond acceptors (Lipinski definition) is 2. The molecule has 0 aromatic rings. The first-order valence-electron chi connectivity index (χ1n) is 7.17. The third-order valence-corrected chi connectivity index (χ3v) is 4.54. The topological polar surface area (TPSA) is 40.5 Å². The van der Waals surface area contributed by atoms with Gasteiger partial charge in [-0.15, -0.1) is 0 Å². The van der Waals surface area contributed by atoms with Gasteiger partial charge in [0.1, 0.15) is 6.04 Å². The summed E-state index contributed by atoms with van der Waals surface area (Å²) in [4.78, 5) is 13.6. The molecule has 1 aliphatic carbocycles. The maximum atomic E-state index is 11.3. The van der Waals surface area contributed by atoms with E-state index in [1.165, 1.54) is 38.5 Å². The first-order chi connectivity index (χ1) is 8.18. The molecule has 17 heavy (non-hydrogen) atoms. The predicted octanol–water partition coefficient (Wildman–Crippen LogP) is 2.89. The molecule has 2 atom stereocenters. The highest BCUT2D eigenvalue weighted by Gasteiger charge is 2.32. The Labute approximate surface area is 104 Å². The number of aliphatic carboxylic acids is 1. The monoisotopic (exact) mass is 239 g/mol. The molecule has 0 aromatic heterocycles. The molecule has 2 rings (SSSR count). The van der Waals surface area contributed by atoms with E-state index in [1.807, 2.05) is 0 Å². The Morgan fingerprint density at radius 3 is 2.59 bits per heavy atom. The van der Waals surface area contributed by atoms with Crippen molar-refractivity contribution < 1.29 is 9.90 Å². The lowest BCUT2D eigenvalue weighted by atomic mass is 9.80. The van der Waals surface area contributed by atoms with Gasteiger partial charge in [-0.3, -0.25) is 9.69 Å². The summed E-state index contributed by atoms with van der Waals surface area (Å²) in [7, 11) is 0. The van der Waals surface area contributed by atoms with E-state index in [1.54, 1.807) is 0 Å². The highest BCUT2D eigenvalue weighted by molar-refractivity contribution is 5.73. The minimum atomic E-state index is -0.618. The van der Waals surface area contributed by atoms with Gasteiger partial charge < -0.3 is 5.11 Å². The van der Waals surface area contributed by atoms with Gasteiger partial charge in [-0.1, -0.05) is 32.1 Å². The van der Waals surface area contributed by atoms with Crippen molar-refractivity contribution in [1.82, 2.24) is 4.90 Å². The maximum Gasteiger partial charge on any atom is 0.320 e. The molecule has 1 saturated carbocycles. The summed E-state index contributed by atoms with van der Waals surface area (Å²) < 4.78 is 0. The molecular weight excluding hydrogens is 214 g/mol. The average Bonchev–Trinajstić information content (AvgIpc) is 2.48. The Kier molecular flexibility index (Phi) is 4.43. The van der Waals surface area contributed by atoms with Crippen LogP contribution in [-0.4, -0.2) is 34.6 Å². The second-order valence-electron chi connectivity index (χ2n) is 5.82. The molecule has 0 amide bonds. The molecule has 0 bridgehead atoms. The Morgan fingerprint density at radius 2 is 2.00 bits per heavy atom. The zero-order chi connectivity index (χ0) is 12.3. The van der Waals surface area contributed by atoms with Crippen molar-refractivity contribution in [2.75, 3.05) is 6.54 Å². The lowest BCUT2D eigenvalue weighted by Gasteiger charge is -2.37. The average molecular weight is 239 g/mol. The number of carbonyl (C=O) groups is 1. The third kappa shape index (κ3) is 3.21. The van der Waals surface area contributed by atoms with Crippen LogP contribution in [0.1, 0.15) is 58.3 Å². The normalized spacial score (nSPS) is 29.4. The van der Waals surface area contributed by atoms with Crippen LogP contribution in [0.5, 0.6) is 0 Å². The van der Waals surface area contributed by atoms with Crippen molar-refractivity contribution in [2.45, 2.75) is 70.4 Å². The van der Waals surface area contributed by atoms with Crippen LogP contribution in [0.2, 0.25) is 0 Å². The van der Waals surface area contributed by atoms with Crippen molar-refractivity contribution in [2.24, 2.45) is 5.92 Å². The van der Waals surface area contributed by atoms with Crippen molar-refractivity contribution >= 4 is 5.97 Å². The van der Waals surface area contributed by atoms with Gasteiger partial charge >= 0.3 is 5.97 Å². The summed E-state index contributed by atoms with van der Waals surface area (Å²) in [5, 5.41) is 9.35. The van der Waals surface area contributed by atoms with E-state index in [2.05, 4.69) is 11.8 Å². The van der Waals surface area contributed by atoms with Crippen molar-refractivity contribution in [1.29, 1.82) is 0 Å². The second-order valence-corrected chi connectivity index (χ2v) is 5.82. The molecule has 1 aliphatic heterocycles. The molecule has 2 aliphatic rings. The standard InChI is InChI=1S/C14H25NO2/c1-11(10-12-6-5-7-12)15-9-4-2-3-8-13(15)14(16)17/h11-13H,2-10H2,1H3,(H,16,17). The van der Waals surface area contributed by atoms with Gasteiger partial charge in [0.15, 0.2) is 0 Å². The molecule has 1 N–H and O–H groups in total. The summed E-state index contributed by atoms with van der Waals surface area (Å²) in [5.74, 6) is 0.245. The summed E-state index contributed by atoms with van der Waals surface area (Å²) >= 11 is 0. The molecule has 1 heterocycles. The predicted molar refractivity (Wildman–Crippen MR) is 68.0 cm³/mol. The Hall–Kier alpha value is -0.570. The lowest BCUT2D eigenvalue weighted by molar-refractivity contribution is -0.144. The third-order valence-electron chi connectivity index (χ3n) is 4.54. The summed E-state index contributed by atoms with van der Waals surface area (Å²) in [6.45, 7) is 3.20. The Morgan fingerprint density at radius 1 is 1.24 bits per heavy atom. The van der Waals surface area contributed by atoms with E-state index in [9.17, 15) is 9.90 Å². The van der Waals surface area contributed by atoms with Crippen molar-refractivity contribution in [3.63, 3.8) is 0 Å². The first kappa shape index (κ1) is 12.9. The zero-order valence-corrected chi connectivity index (χ0v) is 10.9. The minimum Gasteiger partial charge on any atom is -0.480 e. The molecule has 3 heteroatoms. The SMILES string of the molecule is CC(CC1CCC1)N1CCCCCC1C(=O)O. The molecular formula is C14H25NO2. The number of likely N-dealkylation sites (tertiary alicyclic amines) is 1. The van der Waals surface area contributed by atoms with Gasteiger partial charge in [-0.2, -0.15) is 0 Å². The fraction of sp³-hybridized carbons (Fsp3) is 0.929. The van der Waals surface area contributed by atoms with Gasteiger partial charge in [-0.25, -0.2) is 0 Å². The minimum absolute atomic E-state index is 0.229. The quantitative estimate of drug-likeness (QED) is 0.820. The van der Waals surface area contributed by atoms with Crippen LogP contribution in [0.3, 0.4) is 0 Å². The van der Waals surface area contributed by atoms with E-state index < -0.39 is 5.97 Å². The van der Waals surface area contributed by atoms with Crippen LogP contribution < -0.4 is 0 Å². The number of rotatable bonds is 4. The number of carboxylic acid groups (broad SMARTS) is 1. The van der Waals surface area contributed by atoms with Crippen molar-refractivity contribution in [3.8, 4) is 0 Å². The molecule has 1 saturated heterocycles. The Balaban J connectivity index is 1.94. The maximum absolute atomic E-state index is 11.3. The van der Waals surface area contributed by atoms with Crippen LogP contribution in [0.15, 0.2) is 0 Å². The van der Waals surface area contributed by atoms with Crippen LogP contribution in [0.25, 0.3) is 0 Å². The lowest BCUT2D eigenvalue weighted by Crippen LogP contribution is -2.46. The highest BCUT2D eigenvalue weighted by Crippen LogP contribution is 2.32. The fourth-order valence-electron chi connectivity index (χ4n) is 3.27. The molecule has 0 spiro atoms. The van der Waals surface area contributed by atoms with Gasteiger partial charge in [-0.05, 0) is 38.6 Å². The zero-order valence-electron chi connectivity index (χ0n) is 10.9. The molecule has 0 radical (unpaired) electrons. The molecule has 2 fully saturated rings. The largest absolute Gasteiger partial charge is 0.480 e. The second kappa shape index (κ2) is 5.85. The highest BCUT2D eigenvalue weighted by atomic mass is 16.4. The Bertz CT molecular complexity index is 263. The molecule has 3 nitrogen and oxygen atoms in total. The van der Waals surface area contributed by atoms with Crippen LogP contribution >= 0.6 is 0 Å². The fourth-order valence-corrected chi connectivity index (χ4v) is 3.27. The van der Waals surface area contributed by atoms with Gasteiger partial charge in [0.25, 0.3) is 0 Å². The number of hydrogen-bond donors (Lipinski definition) is 1. The van der Waals surface area contributed by atoms with Crippen molar-refractivity contribution in [3.05, 3.63) is 0 Å². The van der Waals surface area contributed by atoms with E-state index in [0.717, 1.165) is 25.3 Å². The molecule has 0 aromatic carbocycles. The summed E-state index contributed by atoms with van der Waals surface area (Å²) in [5.41, 5.74) is 0. The summed E-state index contributed by atoms with van der Waals surface area (Å²) in [6.07, 6.45) is 9.55. The van der Waals surface area contributed by atoms with Crippen LogP contribution in [-0.2, 0) is 4.79 Å². The van der Waals surface area contributed by atoms with E-state index in [4.69, 9.17) is 0 Å². The number of nitrogens with zero attached hydrogens (tertiary/aromatic N) is 1.